The summed E-state index contributed by atoms with van der Waals surface area (Å²) in [6, 6.07) is 9.62. The highest BCUT2D eigenvalue weighted by atomic mass is 35.5. The Bertz CT molecular complexity index is 863. The summed E-state index contributed by atoms with van der Waals surface area (Å²) in [7, 11) is 0. The van der Waals surface area contributed by atoms with Crippen LogP contribution in [0.3, 0.4) is 0 Å². The van der Waals surface area contributed by atoms with Crippen LogP contribution in [0.5, 0.6) is 0 Å². The molecule has 0 fully saturated rings. The van der Waals surface area contributed by atoms with Crippen LogP contribution in [0, 0.1) is 17.2 Å². The van der Waals surface area contributed by atoms with Gasteiger partial charge in [-0.3, -0.25) is 4.79 Å². The summed E-state index contributed by atoms with van der Waals surface area (Å²) >= 11 is 7.63. The van der Waals surface area contributed by atoms with E-state index in [2.05, 4.69) is 18.3 Å². The minimum absolute atomic E-state index is 0.248. The molecule has 1 N–H and O–H groups in total. The second-order valence-corrected chi connectivity index (χ2v) is 7.69. The third-order valence-electron chi connectivity index (χ3n) is 4.61. The average Bonchev–Trinajstić information content (AvgIpc) is 2.96. The van der Waals surface area contributed by atoms with Gasteiger partial charge >= 0.3 is 0 Å². The monoisotopic (exact) mass is 370 g/mol. The van der Waals surface area contributed by atoms with E-state index in [4.69, 9.17) is 11.6 Å². The highest BCUT2D eigenvalue weighted by molar-refractivity contribution is 7.16. The molecular weight excluding hydrogens is 352 g/mol. The molecule has 1 aliphatic carbocycles. The number of nitriles is 1. The zero-order chi connectivity index (χ0) is 17.8. The predicted octanol–water partition coefficient (Wildman–Crippen LogP) is 5.44. The Morgan fingerprint density at radius 1 is 1.48 bits per heavy atom. The first-order valence-electron chi connectivity index (χ1n) is 8.40. The highest BCUT2D eigenvalue weighted by Crippen LogP contribution is 2.40. The fourth-order valence-electron chi connectivity index (χ4n) is 3.14. The lowest BCUT2D eigenvalue weighted by atomic mass is 9.86. The Morgan fingerprint density at radius 2 is 2.28 bits per heavy atom. The van der Waals surface area contributed by atoms with Crippen molar-refractivity contribution >= 4 is 39.9 Å². The molecule has 25 heavy (non-hydrogen) atoms. The van der Waals surface area contributed by atoms with Gasteiger partial charge in [-0.15, -0.1) is 11.3 Å². The number of nitrogens with zero attached hydrogens (tertiary/aromatic N) is 1. The average molecular weight is 371 g/mol. The first kappa shape index (κ1) is 17.7. The molecule has 0 unspecified atom stereocenters. The van der Waals surface area contributed by atoms with E-state index in [0.29, 0.717) is 21.5 Å². The maximum absolute atomic E-state index is 12.3. The molecule has 1 aliphatic rings. The third kappa shape index (κ3) is 3.95. The quantitative estimate of drug-likeness (QED) is 0.728. The molecule has 5 heteroatoms. The van der Waals surface area contributed by atoms with Crippen LogP contribution in [0.4, 0.5) is 5.00 Å². The van der Waals surface area contributed by atoms with Crippen LogP contribution < -0.4 is 5.32 Å². The van der Waals surface area contributed by atoms with E-state index in [1.54, 1.807) is 23.5 Å². The number of hydrogen-bond acceptors (Lipinski definition) is 3. The van der Waals surface area contributed by atoms with Crippen LogP contribution in [0.2, 0.25) is 5.02 Å². The summed E-state index contributed by atoms with van der Waals surface area (Å²) in [5.74, 6) is 0.434. The summed E-state index contributed by atoms with van der Waals surface area (Å²) in [5, 5.41) is 13.6. The fraction of sp³-hybridized carbons (Fsp3) is 0.300. The molecule has 0 saturated carbocycles. The van der Waals surface area contributed by atoms with Gasteiger partial charge in [0.05, 0.1) is 5.56 Å². The molecule has 0 saturated heterocycles. The van der Waals surface area contributed by atoms with Gasteiger partial charge in [-0.2, -0.15) is 5.26 Å². The van der Waals surface area contributed by atoms with Crippen molar-refractivity contribution in [2.24, 2.45) is 5.92 Å². The highest BCUT2D eigenvalue weighted by Gasteiger charge is 2.25. The number of nitrogens with one attached hydrogen (secondary N) is 1. The van der Waals surface area contributed by atoms with Gasteiger partial charge in [0.2, 0.25) is 5.91 Å². The van der Waals surface area contributed by atoms with E-state index >= 15 is 0 Å². The van der Waals surface area contributed by atoms with Crippen LogP contribution in [0.15, 0.2) is 30.3 Å². The number of thiophene rings is 1. The maximum atomic E-state index is 12.3. The number of rotatable bonds is 4. The van der Waals surface area contributed by atoms with Gasteiger partial charge in [-0.1, -0.05) is 43.1 Å². The summed E-state index contributed by atoms with van der Waals surface area (Å²) in [6.45, 7) is 2.21. The van der Waals surface area contributed by atoms with E-state index in [0.717, 1.165) is 36.8 Å². The normalized spacial score (nSPS) is 16.4. The van der Waals surface area contributed by atoms with E-state index in [1.165, 1.54) is 11.0 Å². The van der Waals surface area contributed by atoms with Crippen molar-refractivity contribution in [3.63, 3.8) is 0 Å². The largest absolute Gasteiger partial charge is 0.313 e. The molecule has 0 radical (unpaired) electrons. The van der Waals surface area contributed by atoms with Gasteiger partial charge in [0.1, 0.15) is 11.1 Å². The van der Waals surface area contributed by atoms with Crippen LogP contribution in [0.1, 0.15) is 41.3 Å². The van der Waals surface area contributed by atoms with Crippen molar-refractivity contribution in [3.05, 3.63) is 56.9 Å². The van der Waals surface area contributed by atoms with Gasteiger partial charge in [0.15, 0.2) is 0 Å². The smallest absolute Gasteiger partial charge is 0.249 e. The molecule has 1 aromatic heterocycles. The van der Waals surface area contributed by atoms with Crippen LogP contribution in [-0.2, 0) is 17.6 Å². The number of hydrogen-bond donors (Lipinski definition) is 1. The second kappa shape index (κ2) is 7.86. The van der Waals surface area contributed by atoms with Crippen molar-refractivity contribution < 1.29 is 4.79 Å². The lowest BCUT2D eigenvalue weighted by molar-refractivity contribution is -0.111. The van der Waals surface area contributed by atoms with Gasteiger partial charge in [-0.05, 0) is 48.4 Å². The van der Waals surface area contributed by atoms with Crippen LogP contribution in [0.25, 0.3) is 6.08 Å². The van der Waals surface area contributed by atoms with E-state index in [-0.39, 0.29) is 5.91 Å². The maximum Gasteiger partial charge on any atom is 0.249 e. The van der Waals surface area contributed by atoms with Crippen LogP contribution >= 0.6 is 22.9 Å². The Morgan fingerprint density at radius 3 is 3.00 bits per heavy atom. The second-order valence-electron chi connectivity index (χ2n) is 6.18. The molecule has 2 aromatic rings. The molecule has 128 valence electrons. The topological polar surface area (TPSA) is 52.9 Å². The zero-order valence-corrected chi connectivity index (χ0v) is 15.6. The number of fused-ring (bicyclic) bond motifs is 1. The lowest BCUT2D eigenvalue weighted by Crippen LogP contribution is -2.12. The molecule has 1 amide bonds. The minimum Gasteiger partial charge on any atom is -0.313 e. The Hall–Kier alpha value is -2.09. The number of carbonyl (C=O) groups is 1. The predicted molar refractivity (Wildman–Crippen MR) is 104 cm³/mol. The first-order valence-corrected chi connectivity index (χ1v) is 9.60. The molecule has 3 rings (SSSR count). The number of anilines is 1. The van der Waals surface area contributed by atoms with E-state index < -0.39 is 0 Å². The molecule has 3 nitrogen and oxygen atoms in total. The zero-order valence-electron chi connectivity index (χ0n) is 14.0. The fourth-order valence-corrected chi connectivity index (χ4v) is 4.65. The Labute approximate surface area is 156 Å². The summed E-state index contributed by atoms with van der Waals surface area (Å²) in [6.07, 6.45) is 7.35. The van der Waals surface area contributed by atoms with Crippen molar-refractivity contribution in [2.75, 3.05) is 5.32 Å². The molecule has 0 spiro atoms. The minimum atomic E-state index is -0.248. The lowest BCUT2D eigenvalue weighted by Gasteiger charge is -2.20. The molecule has 1 aromatic carbocycles. The van der Waals surface area contributed by atoms with Crippen LogP contribution in [-0.4, -0.2) is 5.91 Å². The number of carbonyl (C=O) groups excluding carboxylic acids is 1. The summed E-state index contributed by atoms with van der Waals surface area (Å²) in [4.78, 5) is 13.5. The molecule has 1 atom stereocenters. The van der Waals surface area contributed by atoms with Crippen molar-refractivity contribution in [3.8, 4) is 6.07 Å². The van der Waals surface area contributed by atoms with Crippen molar-refractivity contribution in [2.45, 2.75) is 32.6 Å². The number of amides is 1. The van der Waals surface area contributed by atoms with E-state index in [9.17, 15) is 10.1 Å². The van der Waals surface area contributed by atoms with Crippen molar-refractivity contribution in [1.29, 1.82) is 5.26 Å². The Kier molecular flexibility index (Phi) is 5.57. The molecule has 1 heterocycles. The summed E-state index contributed by atoms with van der Waals surface area (Å²) in [5.41, 5.74) is 2.55. The molecule has 0 bridgehead atoms. The first-order chi connectivity index (χ1) is 12.1. The van der Waals surface area contributed by atoms with Gasteiger partial charge in [0.25, 0.3) is 0 Å². The number of benzene rings is 1. The van der Waals surface area contributed by atoms with Crippen molar-refractivity contribution in [1.82, 2.24) is 0 Å². The molecule has 0 aliphatic heterocycles. The molecular formula is C20H19ClN2OS. The Balaban J connectivity index is 1.77. The summed E-state index contributed by atoms with van der Waals surface area (Å²) < 4.78 is 0. The number of halogens is 1. The SMILES string of the molecule is CC[C@@H]1CCc2c(sc(NC(=O)/C=C/c3ccccc3Cl)c2C#N)C1. The van der Waals surface area contributed by atoms with Gasteiger partial charge in [-0.25, -0.2) is 0 Å². The standard InChI is InChI=1S/C20H19ClN2OS/c1-2-13-7-9-15-16(12-22)20(25-18(15)11-13)23-19(24)10-8-14-5-3-4-6-17(14)21/h3-6,8,10,13H,2,7,9,11H2,1H3,(H,23,24)/b10-8+/t13-/m1/s1. The van der Waals surface area contributed by atoms with Gasteiger partial charge < -0.3 is 5.32 Å². The van der Waals surface area contributed by atoms with Gasteiger partial charge in [0, 0.05) is 16.0 Å². The third-order valence-corrected chi connectivity index (χ3v) is 6.13. The van der Waals surface area contributed by atoms with E-state index in [1.807, 2.05) is 18.2 Å².